The third-order valence-electron chi connectivity index (χ3n) is 5.32. The van der Waals surface area contributed by atoms with Crippen LogP contribution in [-0.4, -0.2) is 52.7 Å². The largest absolute Gasteiger partial charge is 0.497 e. The van der Waals surface area contributed by atoms with Crippen LogP contribution in [0.3, 0.4) is 0 Å². The lowest BCUT2D eigenvalue weighted by atomic mass is 9.93. The zero-order chi connectivity index (χ0) is 22.7. The highest BCUT2D eigenvalue weighted by Crippen LogP contribution is 2.35. The SMILES string of the molecule is COc1ccc(-c2nc(SCC3C[C@@](C)(O)CC(=O)O3)[nH]c2-c2ccc(OC)cc2)cc1. The van der Waals surface area contributed by atoms with Crippen molar-refractivity contribution in [1.82, 2.24) is 9.97 Å². The first-order valence-electron chi connectivity index (χ1n) is 10.3. The molecule has 32 heavy (non-hydrogen) atoms. The Kier molecular flexibility index (Phi) is 6.43. The molecule has 0 spiro atoms. The monoisotopic (exact) mass is 454 g/mol. The number of imidazole rings is 1. The van der Waals surface area contributed by atoms with Gasteiger partial charge in [-0.25, -0.2) is 4.98 Å². The maximum Gasteiger partial charge on any atom is 0.309 e. The average Bonchev–Trinajstić information content (AvgIpc) is 3.21. The first-order valence-corrected chi connectivity index (χ1v) is 11.3. The Morgan fingerprint density at radius 3 is 2.25 bits per heavy atom. The van der Waals surface area contributed by atoms with Gasteiger partial charge in [0.2, 0.25) is 0 Å². The van der Waals surface area contributed by atoms with Gasteiger partial charge >= 0.3 is 5.97 Å². The molecule has 8 heteroatoms. The summed E-state index contributed by atoms with van der Waals surface area (Å²) in [6.45, 7) is 1.67. The predicted octanol–water partition coefficient (Wildman–Crippen LogP) is 4.31. The van der Waals surface area contributed by atoms with E-state index in [4.69, 9.17) is 19.2 Å². The van der Waals surface area contributed by atoms with E-state index in [-0.39, 0.29) is 18.5 Å². The topological polar surface area (TPSA) is 93.7 Å². The number of aliphatic hydroxyl groups is 1. The van der Waals surface area contributed by atoms with Crippen LogP contribution < -0.4 is 9.47 Å². The standard InChI is InChI=1S/C24H26N2O5S/c1-24(28)12-19(31-20(27)13-24)14-32-23-25-21(15-4-8-17(29-2)9-5-15)22(26-23)16-6-10-18(30-3)11-7-16/h4-11,19,28H,12-14H2,1-3H3,(H,25,26)/t19?,24-/m1/s1. The third kappa shape index (κ3) is 5.08. The van der Waals surface area contributed by atoms with Crippen molar-refractivity contribution >= 4 is 17.7 Å². The Hall–Kier alpha value is -2.97. The second kappa shape index (κ2) is 9.26. The average molecular weight is 455 g/mol. The van der Waals surface area contributed by atoms with Gasteiger partial charge in [0.15, 0.2) is 5.16 Å². The van der Waals surface area contributed by atoms with Crippen LogP contribution in [0.1, 0.15) is 19.8 Å². The molecule has 1 aliphatic rings. The van der Waals surface area contributed by atoms with Crippen LogP contribution in [0.25, 0.3) is 22.5 Å². The van der Waals surface area contributed by atoms with Crippen LogP contribution in [-0.2, 0) is 9.53 Å². The van der Waals surface area contributed by atoms with E-state index in [2.05, 4.69) is 4.98 Å². The molecule has 4 rings (SSSR count). The Balaban J connectivity index is 1.61. The molecule has 0 radical (unpaired) electrons. The fourth-order valence-corrected chi connectivity index (χ4v) is 4.61. The zero-order valence-corrected chi connectivity index (χ0v) is 19.1. The summed E-state index contributed by atoms with van der Waals surface area (Å²) >= 11 is 1.46. The van der Waals surface area contributed by atoms with Gasteiger partial charge in [0.05, 0.1) is 37.6 Å². The lowest BCUT2D eigenvalue weighted by Gasteiger charge is -2.32. The smallest absolute Gasteiger partial charge is 0.309 e. The fraction of sp³-hybridized carbons (Fsp3) is 0.333. The van der Waals surface area contributed by atoms with E-state index in [1.807, 2.05) is 48.5 Å². The van der Waals surface area contributed by atoms with Crippen molar-refractivity contribution in [1.29, 1.82) is 0 Å². The van der Waals surface area contributed by atoms with Gasteiger partial charge in [-0.15, -0.1) is 0 Å². The Morgan fingerprint density at radius 1 is 1.09 bits per heavy atom. The first kappa shape index (κ1) is 22.2. The molecule has 3 aromatic rings. The molecule has 2 aromatic carbocycles. The van der Waals surface area contributed by atoms with Crippen molar-refractivity contribution in [3.8, 4) is 34.0 Å². The van der Waals surface area contributed by atoms with Gasteiger partial charge in [-0.3, -0.25) is 4.79 Å². The number of ether oxygens (including phenoxy) is 3. The van der Waals surface area contributed by atoms with Crippen LogP contribution in [0.4, 0.5) is 0 Å². The van der Waals surface area contributed by atoms with Crippen LogP contribution in [0.2, 0.25) is 0 Å². The molecule has 0 saturated carbocycles. The number of thioether (sulfide) groups is 1. The quantitative estimate of drug-likeness (QED) is 0.406. The van der Waals surface area contributed by atoms with Gasteiger partial charge in [-0.05, 0) is 55.5 Å². The highest BCUT2D eigenvalue weighted by Gasteiger charge is 2.36. The van der Waals surface area contributed by atoms with Gasteiger partial charge in [0, 0.05) is 23.3 Å². The summed E-state index contributed by atoms with van der Waals surface area (Å²) in [6, 6.07) is 15.5. The normalized spacial score (nSPS) is 20.6. The number of carbonyl (C=O) groups excluding carboxylic acids is 1. The molecular weight excluding hydrogens is 428 g/mol. The van der Waals surface area contributed by atoms with E-state index in [1.165, 1.54) is 11.8 Å². The summed E-state index contributed by atoms with van der Waals surface area (Å²) in [5.41, 5.74) is 2.59. The highest BCUT2D eigenvalue weighted by atomic mass is 32.2. The van der Waals surface area contributed by atoms with Gasteiger partial charge in [-0.2, -0.15) is 0 Å². The number of benzene rings is 2. The molecule has 168 valence electrons. The van der Waals surface area contributed by atoms with Crippen molar-refractivity contribution in [3.63, 3.8) is 0 Å². The number of aromatic nitrogens is 2. The summed E-state index contributed by atoms with van der Waals surface area (Å²) in [7, 11) is 3.27. The molecule has 0 amide bonds. The van der Waals surface area contributed by atoms with E-state index >= 15 is 0 Å². The number of hydrogen-bond donors (Lipinski definition) is 2. The highest BCUT2D eigenvalue weighted by molar-refractivity contribution is 7.99. The molecule has 1 saturated heterocycles. The van der Waals surface area contributed by atoms with Crippen molar-refractivity contribution in [2.24, 2.45) is 0 Å². The molecule has 7 nitrogen and oxygen atoms in total. The molecule has 1 aromatic heterocycles. The molecule has 2 N–H and O–H groups in total. The number of nitrogens with one attached hydrogen (secondary N) is 1. The van der Waals surface area contributed by atoms with E-state index < -0.39 is 5.60 Å². The molecule has 2 heterocycles. The Labute approximate surface area is 191 Å². The number of hydrogen-bond acceptors (Lipinski definition) is 7. The minimum Gasteiger partial charge on any atom is -0.497 e. The van der Waals surface area contributed by atoms with Crippen molar-refractivity contribution in [2.75, 3.05) is 20.0 Å². The van der Waals surface area contributed by atoms with Crippen LogP contribution in [0.15, 0.2) is 53.7 Å². The zero-order valence-electron chi connectivity index (χ0n) is 18.3. The Bertz CT molecular complexity index is 1010. The predicted molar refractivity (Wildman–Crippen MR) is 123 cm³/mol. The summed E-state index contributed by atoms with van der Waals surface area (Å²) in [6.07, 6.45) is 0.0663. The van der Waals surface area contributed by atoms with Crippen LogP contribution >= 0.6 is 11.8 Å². The molecule has 0 bridgehead atoms. The van der Waals surface area contributed by atoms with Crippen molar-refractivity contribution < 1.29 is 24.1 Å². The minimum absolute atomic E-state index is 0.0259. The van der Waals surface area contributed by atoms with Crippen molar-refractivity contribution in [3.05, 3.63) is 48.5 Å². The van der Waals surface area contributed by atoms with Crippen LogP contribution in [0, 0.1) is 0 Å². The molecule has 1 aliphatic heterocycles. The minimum atomic E-state index is -1.04. The number of H-pyrrole nitrogens is 1. The third-order valence-corrected chi connectivity index (χ3v) is 6.33. The maximum atomic E-state index is 11.8. The summed E-state index contributed by atoms with van der Waals surface area (Å²) in [4.78, 5) is 20.0. The number of aromatic amines is 1. The van der Waals surface area contributed by atoms with E-state index in [9.17, 15) is 9.90 Å². The number of cyclic esters (lactones) is 1. The molecular formula is C24H26N2O5S. The summed E-state index contributed by atoms with van der Waals surface area (Å²) in [5, 5.41) is 11.0. The number of esters is 1. The van der Waals surface area contributed by atoms with Crippen molar-refractivity contribution in [2.45, 2.75) is 36.6 Å². The van der Waals surface area contributed by atoms with Gasteiger partial charge in [0.1, 0.15) is 17.6 Å². The first-order chi connectivity index (χ1) is 15.4. The number of methoxy groups -OCH3 is 2. The maximum absolute atomic E-state index is 11.8. The molecule has 1 fully saturated rings. The van der Waals surface area contributed by atoms with E-state index in [1.54, 1.807) is 21.1 Å². The fourth-order valence-electron chi connectivity index (χ4n) is 3.75. The van der Waals surface area contributed by atoms with Gasteiger partial charge < -0.3 is 24.3 Å². The number of nitrogens with zero attached hydrogens (tertiary/aromatic N) is 1. The van der Waals surface area contributed by atoms with E-state index in [0.717, 1.165) is 34.0 Å². The Morgan fingerprint density at radius 2 is 1.69 bits per heavy atom. The number of carbonyl (C=O) groups is 1. The molecule has 0 aliphatic carbocycles. The summed E-state index contributed by atoms with van der Waals surface area (Å²) in [5.74, 6) is 1.68. The van der Waals surface area contributed by atoms with Gasteiger partial charge in [0.25, 0.3) is 0 Å². The second-order valence-electron chi connectivity index (χ2n) is 8.02. The van der Waals surface area contributed by atoms with Crippen LogP contribution in [0.5, 0.6) is 11.5 Å². The molecule has 1 unspecified atom stereocenters. The summed E-state index contributed by atoms with van der Waals surface area (Å²) < 4.78 is 16.0. The number of rotatable bonds is 7. The second-order valence-corrected chi connectivity index (χ2v) is 9.03. The lowest BCUT2D eigenvalue weighted by molar-refractivity contribution is -0.165. The molecule has 2 atom stereocenters. The van der Waals surface area contributed by atoms with Gasteiger partial charge in [-0.1, -0.05) is 11.8 Å². The lowest BCUT2D eigenvalue weighted by Crippen LogP contribution is -2.41. The van der Waals surface area contributed by atoms with E-state index in [0.29, 0.717) is 17.3 Å².